The highest BCUT2D eigenvalue weighted by atomic mass is 31.2. The van der Waals surface area contributed by atoms with E-state index in [0.29, 0.717) is 0 Å². The van der Waals surface area contributed by atoms with E-state index in [1.807, 2.05) is 37.5 Å². The van der Waals surface area contributed by atoms with Crippen molar-refractivity contribution in [2.75, 3.05) is 41.3 Å². The van der Waals surface area contributed by atoms with E-state index in [1.165, 1.54) is 6.42 Å². The molecule has 4 nitrogen and oxygen atoms in total. The fourth-order valence-corrected chi connectivity index (χ4v) is 4.49. The van der Waals surface area contributed by atoms with Gasteiger partial charge in [0, 0.05) is 13.1 Å². The Kier molecular flexibility index (Phi) is 3.75. The van der Waals surface area contributed by atoms with Crippen molar-refractivity contribution in [1.29, 1.82) is 0 Å². The average molecular weight is 219 g/mol. The first-order valence-electron chi connectivity index (χ1n) is 5.14. The van der Waals surface area contributed by atoms with Gasteiger partial charge in [0.1, 0.15) is 0 Å². The zero-order valence-electron chi connectivity index (χ0n) is 9.90. The van der Waals surface area contributed by atoms with Crippen molar-refractivity contribution >= 4 is 7.59 Å². The first kappa shape index (κ1) is 12.2. The third-order valence-electron chi connectivity index (χ3n) is 2.93. The molecule has 1 saturated heterocycles. The normalized spacial score (nSPS) is 20.5. The van der Waals surface area contributed by atoms with E-state index in [1.54, 1.807) is 0 Å². The summed E-state index contributed by atoms with van der Waals surface area (Å²) in [5, 5.41) is 0. The molecule has 1 rings (SSSR count). The monoisotopic (exact) mass is 219 g/mol. The van der Waals surface area contributed by atoms with Crippen molar-refractivity contribution in [3.8, 4) is 0 Å². The van der Waals surface area contributed by atoms with Gasteiger partial charge >= 0.3 is 0 Å². The molecule has 14 heavy (non-hydrogen) atoms. The van der Waals surface area contributed by atoms with Gasteiger partial charge in [0.25, 0.3) is 7.59 Å². The molecule has 1 fully saturated rings. The predicted octanol–water partition coefficient (Wildman–Crippen LogP) is 1.56. The third-order valence-corrected chi connectivity index (χ3v) is 6.07. The van der Waals surface area contributed by atoms with Crippen molar-refractivity contribution in [3.63, 3.8) is 0 Å². The highest BCUT2D eigenvalue weighted by Gasteiger charge is 2.42. The van der Waals surface area contributed by atoms with Gasteiger partial charge in [0.2, 0.25) is 0 Å². The van der Waals surface area contributed by atoms with Gasteiger partial charge in [-0.1, -0.05) is 13.3 Å². The number of hydrogen-bond donors (Lipinski definition) is 0. The molecular formula is C9H22N3OP. The Morgan fingerprint density at radius 1 is 1.21 bits per heavy atom. The zero-order valence-corrected chi connectivity index (χ0v) is 10.8. The second-order valence-corrected chi connectivity index (χ2v) is 7.55. The van der Waals surface area contributed by atoms with Crippen LogP contribution >= 0.6 is 7.59 Å². The molecule has 1 heterocycles. The molecule has 0 N–H and O–H groups in total. The Hall–Kier alpha value is 0.110. The maximum Gasteiger partial charge on any atom is 0.285 e. The molecule has 1 aliphatic heterocycles. The first-order chi connectivity index (χ1) is 6.42. The van der Waals surface area contributed by atoms with Crippen molar-refractivity contribution in [1.82, 2.24) is 14.0 Å². The van der Waals surface area contributed by atoms with Gasteiger partial charge in [0.05, 0.1) is 0 Å². The SMILES string of the molecule is CCC1CN(P(=O)(N(C)C)N(C)C)C1. The maximum absolute atomic E-state index is 12.6. The Morgan fingerprint density at radius 2 is 1.64 bits per heavy atom. The standard InChI is InChI=1S/C9H22N3OP/c1-6-9-7-12(8-9)14(13,10(2)3)11(4)5/h9H,6-8H2,1-5H3. The minimum absolute atomic E-state index is 0.739. The molecule has 0 aliphatic carbocycles. The van der Waals surface area contributed by atoms with Crippen molar-refractivity contribution in [2.45, 2.75) is 13.3 Å². The van der Waals surface area contributed by atoms with Crippen LogP contribution in [0.15, 0.2) is 0 Å². The molecule has 0 aromatic heterocycles. The average Bonchev–Trinajstić information content (AvgIpc) is 2.01. The van der Waals surface area contributed by atoms with E-state index in [0.717, 1.165) is 19.0 Å². The van der Waals surface area contributed by atoms with Gasteiger partial charge in [0.15, 0.2) is 0 Å². The van der Waals surface area contributed by atoms with Crippen molar-refractivity contribution in [3.05, 3.63) is 0 Å². The van der Waals surface area contributed by atoms with Crippen LogP contribution in [0.1, 0.15) is 13.3 Å². The smallest absolute Gasteiger partial charge is 0.270 e. The predicted molar refractivity (Wildman–Crippen MR) is 60.3 cm³/mol. The first-order valence-corrected chi connectivity index (χ1v) is 6.70. The summed E-state index contributed by atoms with van der Waals surface area (Å²) in [7, 11) is 5.14. The lowest BCUT2D eigenvalue weighted by atomic mass is 10.0. The van der Waals surface area contributed by atoms with Gasteiger partial charge in [-0.25, -0.2) is 14.0 Å². The van der Waals surface area contributed by atoms with Gasteiger partial charge in [-0.15, -0.1) is 0 Å². The fraction of sp³-hybridized carbons (Fsp3) is 1.00. The van der Waals surface area contributed by atoms with Crippen LogP contribution in [0.2, 0.25) is 0 Å². The summed E-state index contributed by atoms with van der Waals surface area (Å²) < 4.78 is 18.4. The van der Waals surface area contributed by atoms with Crippen LogP contribution in [0.3, 0.4) is 0 Å². The highest BCUT2D eigenvalue weighted by Crippen LogP contribution is 2.56. The lowest BCUT2D eigenvalue weighted by Crippen LogP contribution is -2.48. The molecular weight excluding hydrogens is 197 g/mol. The Balaban J connectivity index is 2.68. The summed E-state index contributed by atoms with van der Waals surface area (Å²) >= 11 is 0. The Bertz CT molecular complexity index is 224. The number of hydrogen-bond acceptors (Lipinski definition) is 1. The molecule has 0 bridgehead atoms. The maximum atomic E-state index is 12.6. The van der Waals surface area contributed by atoms with Crippen molar-refractivity contribution in [2.24, 2.45) is 5.92 Å². The van der Waals surface area contributed by atoms with E-state index in [9.17, 15) is 4.57 Å². The summed E-state index contributed by atoms with van der Waals surface area (Å²) in [6, 6.07) is 0. The highest BCUT2D eigenvalue weighted by molar-refractivity contribution is 7.56. The Morgan fingerprint density at radius 3 is 1.93 bits per heavy atom. The summed E-state index contributed by atoms with van der Waals surface area (Å²) in [4.78, 5) is 0. The summed E-state index contributed by atoms with van der Waals surface area (Å²) in [6.45, 7) is 4.15. The summed E-state index contributed by atoms with van der Waals surface area (Å²) in [5.74, 6) is 0.739. The van der Waals surface area contributed by atoms with Crippen LogP contribution in [0.5, 0.6) is 0 Å². The van der Waals surface area contributed by atoms with Gasteiger partial charge in [-0.05, 0) is 34.1 Å². The lowest BCUT2D eigenvalue weighted by Gasteiger charge is -2.47. The van der Waals surface area contributed by atoms with Crippen LogP contribution < -0.4 is 0 Å². The number of rotatable bonds is 4. The summed E-state index contributed by atoms with van der Waals surface area (Å²) in [5.41, 5.74) is 0. The minimum atomic E-state index is -2.42. The molecule has 84 valence electrons. The van der Waals surface area contributed by atoms with E-state index in [4.69, 9.17) is 0 Å². The second kappa shape index (κ2) is 4.31. The van der Waals surface area contributed by atoms with E-state index >= 15 is 0 Å². The van der Waals surface area contributed by atoms with Crippen LogP contribution in [0.25, 0.3) is 0 Å². The van der Waals surface area contributed by atoms with E-state index in [-0.39, 0.29) is 0 Å². The third kappa shape index (κ3) is 1.89. The van der Waals surface area contributed by atoms with Crippen LogP contribution in [-0.2, 0) is 4.57 Å². The molecule has 1 aliphatic rings. The number of nitrogens with zero attached hydrogens (tertiary/aromatic N) is 3. The molecule has 5 heteroatoms. The van der Waals surface area contributed by atoms with Gasteiger partial charge in [-0.3, -0.25) is 4.57 Å². The molecule has 0 saturated carbocycles. The molecule has 0 aromatic rings. The Labute approximate surface area is 87.4 Å². The van der Waals surface area contributed by atoms with Crippen LogP contribution in [0, 0.1) is 5.92 Å². The molecule has 0 unspecified atom stereocenters. The lowest BCUT2D eigenvalue weighted by molar-refractivity contribution is 0.168. The minimum Gasteiger partial charge on any atom is -0.270 e. The van der Waals surface area contributed by atoms with E-state index in [2.05, 4.69) is 11.6 Å². The quantitative estimate of drug-likeness (QED) is 0.670. The van der Waals surface area contributed by atoms with Gasteiger partial charge in [-0.2, -0.15) is 0 Å². The second-order valence-electron chi connectivity index (χ2n) is 4.35. The molecule has 0 amide bonds. The fourth-order valence-electron chi connectivity index (χ4n) is 1.88. The van der Waals surface area contributed by atoms with Crippen molar-refractivity contribution < 1.29 is 4.57 Å². The zero-order chi connectivity index (χ0) is 10.9. The molecule has 0 aromatic carbocycles. The van der Waals surface area contributed by atoms with E-state index < -0.39 is 7.59 Å². The topological polar surface area (TPSA) is 26.8 Å². The molecule has 0 spiro atoms. The molecule has 0 atom stereocenters. The van der Waals surface area contributed by atoms with Gasteiger partial charge < -0.3 is 0 Å². The molecule has 0 radical (unpaired) electrons. The van der Waals surface area contributed by atoms with Crippen LogP contribution in [-0.4, -0.2) is 55.3 Å². The largest absolute Gasteiger partial charge is 0.285 e. The van der Waals surface area contributed by atoms with Crippen LogP contribution in [0.4, 0.5) is 0 Å². The summed E-state index contributed by atoms with van der Waals surface area (Å²) in [6.07, 6.45) is 1.19.